The standard InChI is InChI=1S/C10H14N6O2S/c1-7-13-10-8(3-2-4-16(10)14-7)15-19(17,18)9-5-11-6-12-9/h5-6,8,15H,2-4H2,1H3,(H,11,12). The second kappa shape index (κ2) is 4.42. The predicted molar refractivity (Wildman–Crippen MR) is 65.6 cm³/mol. The highest BCUT2D eigenvalue weighted by atomic mass is 32.2. The molecule has 0 saturated carbocycles. The quantitative estimate of drug-likeness (QED) is 0.832. The molecule has 0 bridgehead atoms. The van der Waals surface area contributed by atoms with E-state index in [1.165, 1.54) is 12.5 Å². The molecule has 0 aromatic carbocycles. The van der Waals surface area contributed by atoms with Crippen LogP contribution >= 0.6 is 0 Å². The Morgan fingerprint density at radius 1 is 1.53 bits per heavy atom. The van der Waals surface area contributed by atoms with Crippen molar-refractivity contribution >= 4 is 10.0 Å². The van der Waals surface area contributed by atoms with Gasteiger partial charge in [-0.2, -0.15) is 9.82 Å². The molecular formula is C10H14N6O2S. The molecule has 3 rings (SSSR count). The number of aromatic amines is 1. The molecule has 2 N–H and O–H groups in total. The number of nitrogens with one attached hydrogen (secondary N) is 2. The van der Waals surface area contributed by atoms with E-state index in [0.29, 0.717) is 18.1 Å². The summed E-state index contributed by atoms with van der Waals surface area (Å²) in [5.74, 6) is 1.33. The summed E-state index contributed by atoms with van der Waals surface area (Å²) in [5, 5.41) is 4.30. The van der Waals surface area contributed by atoms with E-state index in [9.17, 15) is 8.42 Å². The Balaban J connectivity index is 1.89. The summed E-state index contributed by atoms with van der Waals surface area (Å²) in [5.41, 5.74) is 0. The minimum Gasteiger partial charge on any atom is -0.335 e. The van der Waals surface area contributed by atoms with Crippen molar-refractivity contribution in [2.24, 2.45) is 0 Å². The van der Waals surface area contributed by atoms with Gasteiger partial charge in [0.15, 0.2) is 5.03 Å². The van der Waals surface area contributed by atoms with Crippen molar-refractivity contribution < 1.29 is 8.42 Å². The Hall–Kier alpha value is -1.74. The van der Waals surface area contributed by atoms with Gasteiger partial charge in [0.1, 0.15) is 11.6 Å². The number of nitrogens with zero attached hydrogens (tertiary/aromatic N) is 4. The molecule has 1 unspecified atom stereocenters. The zero-order valence-corrected chi connectivity index (χ0v) is 11.2. The third kappa shape index (κ3) is 2.26. The Kier molecular flexibility index (Phi) is 2.86. The largest absolute Gasteiger partial charge is 0.335 e. The van der Waals surface area contributed by atoms with Gasteiger partial charge in [0.2, 0.25) is 0 Å². The summed E-state index contributed by atoms with van der Waals surface area (Å²) in [6.07, 6.45) is 4.20. The molecule has 0 spiro atoms. The van der Waals surface area contributed by atoms with Crippen LogP contribution in [0.5, 0.6) is 0 Å². The molecule has 1 aliphatic rings. The molecule has 0 fully saturated rings. The zero-order valence-electron chi connectivity index (χ0n) is 10.4. The lowest BCUT2D eigenvalue weighted by atomic mass is 10.1. The molecule has 19 heavy (non-hydrogen) atoms. The van der Waals surface area contributed by atoms with Crippen LogP contribution in [0, 0.1) is 6.92 Å². The van der Waals surface area contributed by atoms with Crippen LogP contribution in [-0.2, 0) is 16.6 Å². The average Bonchev–Trinajstić information content (AvgIpc) is 2.96. The molecule has 0 radical (unpaired) electrons. The smallest absolute Gasteiger partial charge is 0.258 e. The number of aryl methyl sites for hydroxylation is 2. The molecule has 0 aliphatic carbocycles. The van der Waals surface area contributed by atoms with Gasteiger partial charge in [-0.05, 0) is 19.8 Å². The number of hydrogen-bond donors (Lipinski definition) is 2. The van der Waals surface area contributed by atoms with E-state index in [4.69, 9.17) is 0 Å². The van der Waals surface area contributed by atoms with Gasteiger partial charge in [-0.1, -0.05) is 0 Å². The normalized spacial score (nSPS) is 19.3. The second-order valence-corrected chi connectivity index (χ2v) is 6.15. The number of fused-ring (bicyclic) bond motifs is 1. The molecule has 102 valence electrons. The lowest BCUT2D eigenvalue weighted by Crippen LogP contribution is -2.33. The summed E-state index contributed by atoms with van der Waals surface area (Å²) in [4.78, 5) is 10.6. The molecule has 1 aliphatic heterocycles. The maximum atomic E-state index is 12.1. The van der Waals surface area contributed by atoms with Gasteiger partial charge in [-0.15, -0.1) is 0 Å². The lowest BCUT2D eigenvalue weighted by molar-refractivity contribution is 0.399. The Labute approximate surface area is 110 Å². The number of sulfonamides is 1. The Bertz CT molecular complexity index is 675. The number of hydrogen-bond acceptors (Lipinski definition) is 5. The van der Waals surface area contributed by atoms with Gasteiger partial charge in [-0.25, -0.2) is 23.1 Å². The van der Waals surface area contributed by atoms with Gasteiger partial charge in [0, 0.05) is 6.54 Å². The molecule has 1 atom stereocenters. The fourth-order valence-electron chi connectivity index (χ4n) is 2.22. The Morgan fingerprint density at radius 3 is 3.11 bits per heavy atom. The number of H-pyrrole nitrogens is 1. The monoisotopic (exact) mass is 282 g/mol. The van der Waals surface area contributed by atoms with Crippen molar-refractivity contribution in [2.75, 3.05) is 0 Å². The lowest BCUT2D eigenvalue weighted by Gasteiger charge is -2.22. The first-order chi connectivity index (χ1) is 9.06. The topological polar surface area (TPSA) is 106 Å². The van der Waals surface area contributed by atoms with Crippen molar-refractivity contribution in [2.45, 2.75) is 37.4 Å². The van der Waals surface area contributed by atoms with Crippen LogP contribution in [0.3, 0.4) is 0 Å². The van der Waals surface area contributed by atoms with Crippen LogP contribution in [0.2, 0.25) is 0 Å². The van der Waals surface area contributed by atoms with Gasteiger partial charge in [-0.3, -0.25) is 0 Å². The zero-order chi connectivity index (χ0) is 13.5. The number of imidazole rings is 1. The molecule has 2 aromatic heterocycles. The first-order valence-corrected chi connectivity index (χ1v) is 7.46. The van der Waals surface area contributed by atoms with Crippen molar-refractivity contribution in [1.82, 2.24) is 29.5 Å². The summed E-state index contributed by atoms with van der Waals surface area (Å²) in [7, 11) is -3.60. The van der Waals surface area contributed by atoms with E-state index >= 15 is 0 Å². The average molecular weight is 282 g/mol. The molecule has 0 saturated heterocycles. The SMILES string of the molecule is Cc1nc2n(n1)CCCC2NS(=O)(=O)c1cnc[nH]1. The van der Waals surface area contributed by atoms with Crippen LogP contribution in [0.1, 0.15) is 30.5 Å². The summed E-state index contributed by atoms with van der Waals surface area (Å²) < 4.78 is 28.7. The van der Waals surface area contributed by atoms with Crippen molar-refractivity contribution in [3.8, 4) is 0 Å². The second-order valence-electron chi connectivity index (χ2n) is 4.47. The van der Waals surface area contributed by atoms with E-state index in [-0.39, 0.29) is 11.1 Å². The summed E-state index contributed by atoms with van der Waals surface area (Å²) in [6.45, 7) is 2.57. The third-order valence-electron chi connectivity index (χ3n) is 3.04. The van der Waals surface area contributed by atoms with Crippen molar-refractivity contribution in [3.63, 3.8) is 0 Å². The molecule has 0 amide bonds. The van der Waals surface area contributed by atoms with Gasteiger partial charge in [0.05, 0.1) is 18.6 Å². The van der Waals surface area contributed by atoms with Crippen molar-refractivity contribution in [1.29, 1.82) is 0 Å². The van der Waals surface area contributed by atoms with E-state index in [1.807, 2.05) is 0 Å². The third-order valence-corrected chi connectivity index (χ3v) is 4.44. The fraction of sp³-hybridized carbons (Fsp3) is 0.500. The van der Waals surface area contributed by atoms with Gasteiger partial charge < -0.3 is 4.98 Å². The number of aromatic nitrogens is 5. The fourth-order valence-corrected chi connectivity index (χ4v) is 3.35. The van der Waals surface area contributed by atoms with E-state index in [1.54, 1.807) is 11.6 Å². The van der Waals surface area contributed by atoms with Crippen LogP contribution in [0.15, 0.2) is 17.6 Å². The highest BCUT2D eigenvalue weighted by Gasteiger charge is 2.28. The summed E-state index contributed by atoms with van der Waals surface area (Å²) >= 11 is 0. The van der Waals surface area contributed by atoms with Crippen LogP contribution < -0.4 is 4.72 Å². The highest BCUT2D eigenvalue weighted by Crippen LogP contribution is 2.24. The highest BCUT2D eigenvalue weighted by molar-refractivity contribution is 7.89. The first kappa shape index (κ1) is 12.3. The number of rotatable bonds is 3. The van der Waals surface area contributed by atoms with Crippen LogP contribution in [0.25, 0.3) is 0 Å². The molecular weight excluding hydrogens is 268 g/mol. The van der Waals surface area contributed by atoms with Gasteiger partial charge in [0.25, 0.3) is 10.0 Å². The maximum Gasteiger partial charge on any atom is 0.258 e. The van der Waals surface area contributed by atoms with Gasteiger partial charge >= 0.3 is 0 Å². The Morgan fingerprint density at radius 2 is 2.37 bits per heavy atom. The molecule has 2 aromatic rings. The predicted octanol–water partition coefficient (Wildman–Crippen LogP) is 0.123. The van der Waals surface area contributed by atoms with Crippen LogP contribution in [0.4, 0.5) is 0 Å². The first-order valence-electron chi connectivity index (χ1n) is 5.98. The van der Waals surface area contributed by atoms with Crippen molar-refractivity contribution in [3.05, 3.63) is 24.2 Å². The molecule has 8 nitrogen and oxygen atoms in total. The van der Waals surface area contributed by atoms with E-state index in [0.717, 1.165) is 13.0 Å². The summed E-state index contributed by atoms with van der Waals surface area (Å²) in [6, 6.07) is -0.344. The maximum absolute atomic E-state index is 12.1. The van der Waals surface area contributed by atoms with Crippen LogP contribution in [-0.4, -0.2) is 33.2 Å². The van der Waals surface area contributed by atoms with E-state index in [2.05, 4.69) is 24.8 Å². The van der Waals surface area contributed by atoms with E-state index < -0.39 is 10.0 Å². The molecule has 3 heterocycles. The molecule has 9 heteroatoms. The minimum atomic E-state index is -3.60. The minimum absolute atomic E-state index is 0.0564.